The number of nitrogens with one attached hydrogen (secondary N) is 1. The van der Waals surface area contributed by atoms with Gasteiger partial charge in [-0.3, -0.25) is 14.7 Å². The Morgan fingerprint density at radius 2 is 1.88 bits per heavy atom. The molecule has 1 fully saturated rings. The van der Waals surface area contributed by atoms with Crippen LogP contribution >= 0.6 is 0 Å². The molecule has 0 spiro atoms. The minimum atomic E-state index is -3.27. The van der Waals surface area contributed by atoms with Crippen molar-refractivity contribution < 1.29 is 13.2 Å². The first-order chi connectivity index (χ1) is 16.3. The summed E-state index contributed by atoms with van der Waals surface area (Å²) in [5.41, 5.74) is 3.91. The van der Waals surface area contributed by atoms with Crippen LogP contribution in [0.5, 0.6) is 0 Å². The van der Waals surface area contributed by atoms with Crippen LogP contribution < -0.4 is 5.32 Å². The Kier molecular flexibility index (Phi) is 7.73. The molecule has 0 radical (unpaired) electrons. The fourth-order valence-electron chi connectivity index (χ4n) is 5.39. The van der Waals surface area contributed by atoms with Crippen LogP contribution in [0.15, 0.2) is 41.4 Å². The first-order valence-electron chi connectivity index (χ1n) is 12.6. The van der Waals surface area contributed by atoms with Gasteiger partial charge in [-0.05, 0) is 66.5 Å². The van der Waals surface area contributed by atoms with Gasteiger partial charge in [-0.2, -0.15) is 0 Å². The Morgan fingerprint density at radius 3 is 2.53 bits per heavy atom. The molecule has 2 heterocycles. The summed E-state index contributed by atoms with van der Waals surface area (Å²) < 4.78 is 23.9. The number of hydrogen-bond acceptors (Lipinski definition) is 5. The Labute approximate surface area is 204 Å². The monoisotopic (exact) mass is 483 g/mol. The lowest BCUT2D eigenvalue weighted by Crippen LogP contribution is -2.30. The highest BCUT2D eigenvalue weighted by atomic mass is 32.2. The van der Waals surface area contributed by atoms with Gasteiger partial charge in [-0.1, -0.05) is 39.7 Å². The van der Waals surface area contributed by atoms with Crippen molar-refractivity contribution in [3.05, 3.63) is 58.9 Å². The number of aromatic nitrogens is 1. The van der Waals surface area contributed by atoms with Crippen LogP contribution in [0, 0.1) is 11.8 Å². The average Bonchev–Trinajstić information content (AvgIpc) is 3.20. The lowest BCUT2D eigenvalue weighted by molar-refractivity contribution is 0.0950. The lowest BCUT2D eigenvalue weighted by atomic mass is 9.82. The van der Waals surface area contributed by atoms with Gasteiger partial charge in [0.1, 0.15) is 0 Å². The van der Waals surface area contributed by atoms with Crippen LogP contribution in [-0.4, -0.2) is 36.5 Å². The largest absolute Gasteiger partial charge is 0.346 e. The molecule has 1 aliphatic carbocycles. The van der Waals surface area contributed by atoms with Crippen molar-refractivity contribution >= 4 is 15.7 Å². The SMILES string of the molecule is CC[C@H]1c2ccc(C(=O)NCc3ccc(S(=O)(=O)CC)cn3)cc2CN1C[C@H]1CC[C@H](C)CC1. The molecule has 0 bridgehead atoms. The molecule has 4 rings (SSSR count). The molecule has 6 nitrogen and oxygen atoms in total. The summed E-state index contributed by atoms with van der Waals surface area (Å²) in [7, 11) is -3.27. The molecule has 1 atom stereocenters. The van der Waals surface area contributed by atoms with E-state index in [2.05, 4.69) is 35.1 Å². The molecule has 0 saturated heterocycles. The van der Waals surface area contributed by atoms with Crippen LogP contribution in [0.2, 0.25) is 0 Å². The van der Waals surface area contributed by atoms with E-state index >= 15 is 0 Å². The highest BCUT2D eigenvalue weighted by molar-refractivity contribution is 7.91. The second kappa shape index (κ2) is 10.6. The normalized spacial score (nSPS) is 23.0. The maximum absolute atomic E-state index is 12.8. The summed E-state index contributed by atoms with van der Waals surface area (Å²) in [5, 5.41) is 2.92. The van der Waals surface area contributed by atoms with Crippen molar-refractivity contribution in [3.63, 3.8) is 0 Å². The first kappa shape index (κ1) is 24.9. The van der Waals surface area contributed by atoms with Gasteiger partial charge in [-0.15, -0.1) is 0 Å². The first-order valence-corrected chi connectivity index (χ1v) is 14.3. The van der Waals surface area contributed by atoms with E-state index in [9.17, 15) is 13.2 Å². The summed E-state index contributed by atoms with van der Waals surface area (Å²) in [6.45, 7) is 8.54. The Balaban J connectivity index is 1.38. The number of nitrogens with zero attached hydrogens (tertiary/aromatic N) is 2. The number of rotatable bonds is 8. The Bertz CT molecular complexity index is 1110. The van der Waals surface area contributed by atoms with Crippen LogP contribution in [0.3, 0.4) is 0 Å². The second-order valence-corrected chi connectivity index (χ2v) is 12.2. The topological polar surface area (TPSA) is 79.4 Å². The zero-order valence-electron chi connectivity index (χ0n) is 20.6. The summed E-state index contributed by atoms with van der Waals surface area (Å²) in [4.78, 5) is 19.9. The third-order valence-electron chi connectivity index (χ3n) is 7.56. The molecule has 0 unspecified atom stereocenters. The van der Waals surface area contributed by atoms with E-state index in [0.29, 0.717) is 17.3 Å². The van der Waals surface area contributed by atoms with Crippen LogP contribution in [0.1, 0.15) is 86.1 Å². The molecule has 1 aliphatic heterocycles. The van der Waals surface area contributed by atoms with E-state index in [0.717, 1.165) is 31.3 Å². The molecule has 184 valence electrons. The van der Waals surface area contributed by atoms with Gasteiger partial charge >= 0.3 is 0 Å². The van der Waals surface area contributed by atoms with E-state index < -0.39 is 9.84 Å². The van der Waals surface area contributed by atoms with E-state index in [1.54, 1.807) is 19.1 Å². The summed E-state index contributed by atoms with van der Waals surface area (Å²) >= 11 is 0. The number of carbonyl (C=O) groups excluding carboxylic acids is 1. The van der Waals surface area contributed by atoms with Crippen LogP contribution in [0.4, 0.5) is 0 Å². The fraction of sp³-hybridized carbons (Fsp3) is 0.556. The van der Waals surface area contributed by atoms with Gasteiger partial charge in [0.2, 0.25) is 0 Å². The smallest absolute Gasteiger partial charge is 0.251 e. The summed E-state index contributed by atoms with van der Waals surface area (Å²) in [6.07, 6.45) is 7.80. The zero-order valence-corrected chi connectivity index (χ0v) is 21.4. The van der Waals surface area contributed by atoms with E-state index in [1.165, 1.54) is 43.0 Å². The van der Waals surface area contributed by atoms with E-state index in [1.807, 2.05) is 12.1 Å². The van der Waals surface area contributed by atoms with Gasteiger partial charge in [0.25, 0.3) is 5.91 Å². The number of benzene rings is 1. The quantitative estimate of drug-likeness (QED) is 0.578. The van der Waals surface area contributed by atoms with Crippen molar-refractivity contribution in [3.8, 4) is 0 Å². The average molecular weight is 484 g/mol. The van der Waals surface area contributed by atoms with E-state index in [-0.39, 0.29) is 23.1 Å². The summed E-state index contributed by atoms with van der Waals surface area (Å²) in [6, 6.07) is 9.74. The molecule has 1 N–H and O–H groups in total. The molecule has 1 aromatic heterocycles. The molecular weight excluding hydrogens is 446 g/mol. The number of hydrogen-bond donors (Lipinski definition) is 1. The van der Waals surface area contributed by atoms with Crippen molar-refractivity contribution in [1.29, 1.82) is 0 Å². The molecule has 1 aromatic carbocycles. The summed E-state index contributed by atoms with van der Waals surface area (Å²) in [5.74, 6) is 1.56. The highest BCUT2D eigenvalue weighted by Crippen LogP contribution is 2.39. The van der Waals surface area contributed by atoms with Crippen molar-refractivity contribution in [2.24, 2.45) is 11.8 Å². The third-order valence-corrected chi connectivity index (χ3v) is 9.28. The number of carbonyl (C=O) groups is 1. The number of sulfone groups is 1. The molecule has 7 heteroatoms. The minimum Gasteiger partial charge on any atom is -0.346 e. The van der Waals surface area contributed by atoms with Gasteiger partial charge in [0, 0.05) is 30.9 Å². The van der Waals surface area contributed by atoms with Crippen LogP contribution in [0.25, 0.3) is 0 Å². The van der Waals surface area contributed by atoms with Gasteiger partial charge < -0.3 is 5.32 Å². The van der Waals surface area contributed by atoms with Gasteiger partial charge in [0.05, 0.1) is 22.9 Å². The Morgan fingerprint density at radius 1 is 1.12 bits per heavy atom. The second-order valence-electron chi connectivity index (χ2n) is 9.96. The fourth-order valence-corrected chi connectivity index (χ4v) is 6.21. The van der Waals surface area contributed by atoms with Crippen molar-refractivity contribution in [2.45, 2.75) is 76.9 Å². The van der Waals surface area contributed by atoms with Crippen molar-refractivity contribution in [1.82, 2.24) is 15.2 Å². The van der Waals surface area contributed by atoms with Crippen molar-refractivity contribution in [2.75, 3.05) is 12.3 Å². The standard InChI is InChI=1S/C27H37N3O3S/c1-4-26-25-13-10-21(14-22(25)18-30(26)17-20-8-6-19(3)7-9-20)27(31)29-15-23-11-12-24(16-28-23)34(32,33)5-2/h10-14,16,19-20,26H,4-9,15,17-18H2,1-3H3,(H,29,31)/t19-,20-,26-/m0/s1. The van der Waals surface area contributed by atoms with Gasteiger partial charge in [-0.25, -0.2) is 8.42 Å². The molecule has 2 aromatic rings. The number of fused-ring (bicyclic) bond motifs is 1. The Hall–Kier alpha value is -2.25. The molecule has 1 saturated carbocycles. The predicted octanol–water partition coefficient (Wildman–Crippen LogP) is 4.90. The highest BCUT2D eigenvalue weighted by Gasteiger charge is 2.31. The zero-order chi connectivity index (χ0) is 24.3. The maximum Gasteiger partial charge on any atom is 0.251 e. The van der Waals surface area contributed by atoms with Gasteiger partial charge in [0.15, 0.2) is 9.84 Å². The van der Waals surface area contributed by atoms with E-state index in [4.69, 9.17) is 0 Å². The molecular formula is C27H37N3O3S. The minimum absolute atomic E-state index is 0.0409. The number of amides is 1. The number of pyridine rings is 1. The lowest BCUT2D eigenvalue weighted by Gasteiger charge is -2.32. The predicted molar refractivity (Wildman–Crippen MR) is 134 cm³/mol. The van der Waals surface area contributed by atoms with Crippen LogP contribution in [-0.2, 0) is 22.9 Å². The third kappa shape index (κ3) is 5.52. The molecule has 2 aliphatic rings. The maximum atomic E-state index is 12.8. The molecule has 34 heavy (non-hydrogen) atoms. The molecule has 1 amide bonds.